The summed E-state index contributed by atoms with van der Waals surface area (Å²) < 4.78 is 26.9. The molecule has 0 spiro atoms. The number of sulfonamides is 1. The molecule has 1 fully saturated rings. The smallest absolute Gasteiger partial charge is 0.260 e. The van der Waals surface area contributed by atoms with E-state index in [1.54, 1.807) is 19.1 Å². The second-order valence-electron chi connectivity index (χ2n) is 7.49. The average molecular weight is 398 g/mol. The highest BCUT2D eigenvalue weighted by molar-refractivity contribution is 7.89. The molecule has 2 heterocycles. The molecule has 2 rings (SSSR count). The van der Waals surface area contributed by atoms with E-state index in [1.807, 2.05) is 13.8 Å². The van der Waals surface area contributed by atoms with Crippen LogP contribution in [0.2, 0.25) is 0 Å². The van der Waals surface area contributed by atoms with Gasteiger partial charge >= 0.3 is 0 Å². The Kier molecular flexibility index (Phi) is 7.32. The van der Waals surface area contributed by atoms with Gasteiger partial charge in [-0.3, -0.25) is 4.79 Å². The van der Waals surface area contributed by atoms with Gasteiger partial charge < -0.3 is 16.2 Å². The summed E-state index contributed by atoms with van der Waals surface area (Å²) in [6.07, 6.45) is 0.352. The average Bonchev–Trinajstić information content (AvgIpc) is 2.76. The lowest BCUT2D eigenvalue weighted by molar-refractivity contribution is -0.123. The van der Waals surface area contributed by atoms with Crippen LogP contribution < -0.4 is 5.32 Å². The molecule has 0 saturated carbocycles. The van der Waals surface area contributed by atoms with Crippen LogP contribution in [0.1, 0.15) is 38.8 Å². The fourth-order valence-corrected chi connectivity index (χ4v) is 4.64. The number of carbonyl (C=O) groups is 1. The van der Waals surface area contributed by atoms with E-state index in [2.05, 4.69) is 10.3 Å². The molecule has 1 saturated heterocycles. The topological polar surface area (TPSA) is 123 Å². The van der Waals surface area contributed by atoms with Crippen molar-refractivity contribution in [3.63, 3.8) is 0 Å². The summed E-state index contributed by atoms with van der Waals surface area (Å²) in [5, 5.41) is 13.2. The maximum absolute atomic E-state index is 12.8. The first kappa shape index (κ1) is 21.7. The number of β-amino-alcohol motifs (C(OH)–C–C–N with tert-alkyl or cyclic N) is 1. The van der Waals surface area contributed by atoms with Crippen LogP contribution in [-0.4, -0.2) is 60.0 Å². The van der Waals surface area contributed by atoms with Crippen LogP contribution in [0.25, 0.3) is 5.73 Å². The number of aliphatic hydroxyl groups excluding tert-OH is 1. The van der Waals surface area contributed by atoms with E-state index >= 15 is 0 Å². The number of aromatic nitrogens is 1. The molecule has 1 aromatic rings. The van der Waals surface area contributed by atoms with E-state index in [0.717, 1.165) is 0 Å². The first-order valence-corrected chi connectivity index (χ1v) is 10.7. The summed E-state index contributed by atoms with van der Waals surface area (Å²) in [4.78, 5) is 16.3. The molecular weight excluding hydrogens is 368 g/mol. The molecule has 3 atom stereocenters. The van der Waals surface area contributed by atoms with E-state index in [4.69, 9.17) is 5.73 Å². The highest BCUT2D eigenvalue weighted by atomic mass is 32.2. The van der Waals surface area contributed by atoms with Crippen molar-refractivity contribution in [2.24, 2.45) is 5.92 Å². The predicted molar refractivity (Wildman–Crippen MR) is 102 cm³/mol. The van der Waals surface area contributed by atoms with Crippen molar-refractivity contribution < 1.29 is 18.3 Å². The molecule has 2 unspecified atom stereocenters. The number of rotatable bonds is 6. The summed E-state index contributed by atoms with van der Waals surface area (Å²) >= 11 is 0. The molecule has 0 radical (unpaired) electrons. The Morgan fingerprint density at radius 3 is 2.78 bits per heavy atom. The highest BCUT2D eigenvalue weighted by Crippen LogP contribution is 2.20. The van der Waals surface area contributed by atoms with Gasteiger partial charge in [-0.25, -0.2) is 13.4 Å². The molecule has 1 aromatic heterocycles. The first-order chi connectivity index (χ1) is 12.6. The molecule has 1 aliphatic heterocycles. The summed E-state index contributed by atoms with van der Waals surface area (Å²) in [6, 6.07) is 3.33. The third-order valence-corrected chi connectivity index (χ3v) is 6.36. The third kappa shape index (κ3) is 5.71. The van der Waals surface area contributed by atoms with Gasteiger partial charge in [0.1, 0.15) is 0 Å². The number of hydrogen-bond acceptors (Lipinski definition) is 5. The number of carbonyl (C=O) groups excluding carboxylic acids is 1. The monoisotopic (exact) mass is 397 g/mol. The minimum atomic E-state index is -3.81. The lowest BCUT2D eigenvalue weighted by Gasteiger charge is -2.28. The highest BCUT2D eigenvalue weighted by Gasteiger charge is 2.34. The number of aliphatic hydroxyl groups is 1. The third-order valence-electron chi connectivity index (χ3n) is 4.60. The predicted octanol–water partition coefficient (Wildman–Crippen LogP) is 1.49. The SMILES string of the molecule is Cc1cccc(S(=O)(=O)N2CCCC(NC(=O)[C@@H]([NH-])CC(C)C)C(O)C2)n1. The molecule has 8 nitrogen and oxygen atoms in total. The zero-order chi connectivity index (χ0) is 20.2. The van der Waals surface area contributed by atoms with Gasteiger partial charge in [0.15, 0.2) is 5.03 Å². The Morgan fingerprint density at radius 1 is 1.44 bits per heavy atom. The molecule has 27 heavy (non-hydrogen) atoms. The summed E-state index contributed by atoms with van der Waals surface area (Å²) in [5.74, 6) is -0.204. The number of aryl methyl sites for hydroxylation is 1. The van der Waals surface area contributed by atoms with Gasteiger partial charge in [-0.05, 0) is 37.8 Å². The normalized spacial score (nSPS) is 23.0. The van der Waals surface area contributed by atoms with E-state index < -0.39 is 34.1 Å². The zero-order valence-electron chi connectivity index (χ0n) is 16.1. The van der Waals surface area contributed by atoms with Crippen LogP contribution in [0.3, 0.4) is 0 Å². The van der Waals surface area contributed by atoms with Gasteiger partial charge in [0.05, 0.1) is 12.1 Å². The van der Waals surface area contributed by atoms with E-state index in [-0.39, 0.29) is 24.0 Å². The van der Waals surface area contributed by atoms with Crippen molar-refractivity contribution in [3.8, 4) is 0 Å². The lowest BCUT2D eigenvalue weighted by Crippen LogP contribution is -2.49. The van der Waals surface area contributed by atoms with Crippen molar-refractivity contribution in [1.82, 2.24) is 14.6 Å². The minimum Gasteiger partial charge on any atom is -0.667 e. The van der Waals surface area contributed by atoms with E-state index in [9.17, 15) is 18.3 Å². The van der Waals surface area contributed by atoms with Crippen LogP contribution in [0.15, 0.2) is 23.2 Å². The fraction of sp³-hybridized carbons (Fsp3) is 0.667. The molecule has 9 heteroatoms. The molecule has 0 bridgehead atoms. The molecule has 0 aliphatic carbocycles. The van der Waals surface area contributed by atoms with Crippen molar-refractivity contribution >= 4 is 15.9 Å². The first-order valence-electron chi connectivity index (χ1n) is 9.24. The van der Waals surface area contributed by atoms with Crippen LogP contribution in [0.4, 0.5) is 0 Å². The van der Waals surface area contributed by atoms with Gasteiger partial charge in [0, 0.05) is 18.8 Å². The van der Waals surface area contributed by atoms with Gasteiger partial charge in [-0.1, -0.05) is 32.4 Å². The molecule has 152 valence electrons. The Labute approximate surface area is 161 Å². The zero-order valence-corrected chi connectivity index (χ0v) is 16.9. The van der Waals surface area contributed by atoms with E-state index in [1.165, 1.54) is 10.4 Å². The molecule has 1 amide bonds. The molecule has 0 aromatic carbocycles. The Morgan fingerprint density at radius 2 is 2.15 bits per heavy atom. The van der Waals surface area contributed by atoms with Crippen molar-refractivity contribution in [2.45, 2.75) is 63.2 Å². The molecular formula is C18H29N4O4S-. The Hall–Kier alpha value is -1.55. The van der Waals surface area contributed by atoms with Gasteiger partial charge in [-0.2, -0.15) is 4.31 Å². The minimum absolute atomic E-state index is 0.0414. The second-order valence-corrected chi connectivity index (χ2v) is 9.37. The maximum atomic E-state index is 12.8. The van der Waals surface area contributed by atoms with Crippen LogP contribution >= 0.6 is 0 Å². The summed E-state index contributed by atoms with van der Waals surface area (Å²) in [6.45, 7) is 5.73. The van der Waals surface area contributed by atoms with Crippen LogP contribution in [-0.2, 0) is 14.8 Å². The fourth-order valence-electron chi connectivity index (χ4n) is 3.15. The Bertz CT molecular complexity index is 753. The van der Waals surface area contributed by atoms with Crippen molar-refractivity contribution in [1.29, 1.82) is 0 Å². The van der Waals surface area contributed by atoms with Crippen LogP contribution in [0.5, 0.6) is 0 Å². The van der Waals surface area contributed by atoms with Gasteiger partial charge in [0.25, 0.3) is 10.0 Å². The number of nitrogens with zero attached hydrogens (tertiary/aromatic N) is 2. The second kappa shape index (κ2) is 9.09. The van der Waals surface area contributed by atoms with Gasteiger partial charge in [-0.15, -0.1) is 0 Å². The van der Waals surface area contributed by atoms with E-state index in [0.29, 0.717) is 25.0 Å². The number of pyridine rings is 1. The Balaban J connectivity index is 2.07. The lowest BCUT2D eigenvalue weighted by atomic mass is 10.0. The van der Waals surface area contributed by atoms with Crippen LogP contribution in [0, 0.1) is 12.8 Å². The summed E-state index contributed by atoms with van der Waals surface area (Å²) in [5.41, 5.74) is 8.51. The molecule has 3 N–H and O–H groups in total. The number of nitrogens with one attached hydrogen (secondary N) is 2. The number of hydrogen-bond donors (Lipinski definition) is 2. The standard InChI is InChI=1S/C18H29N4O4S/c1-12(2)10-14(19)18(24)21-15-7-5-9-22(11-16(15)23)27(25,26)17-8-4-6-13(3)20-17/h4,6,8,12,14-16,19,23H,5,7,9-11H2,1-3H3,(H,21,24)/q-1/t14-,15?,16?/m0/s1. The van der Waals surface area contributed by atoms with Crippen molar-refractivity contribution in [2.75, 3.05) is 13.1 Å². The number of amides is 1. The van der Waals surface area contributed by atoms with Gasteiger partial charge in [0.2, 0.25) is 5.91 Å². The quantitative estimate of drug-likeness (QED) is 0.753. The maximum Gasteiger partial charge on any atom is 0.260 e. The summed E-state index contributed by atoms with van der Waals surface area (Å²) in [7, 11) is -3.81. The van der Waals surface area contributed by atoms with Crippen molar-refractivity contribution in [3.05, 3.63) is 29.6 Å². The molecule has 1 aliphatic rings. The largest absolute Gasteiger partial charge is 0.667 e.